The summed E-state index contributed by atoms with van der Waals surface area (Å²) in [6.45, 7) is 3.88. The minimum Gasteiger partial charge on any atom is -0.384 e. The molecule has 0 aromatic heterocycles. The summed E-state index contributed by atoms with van der Waals surface area (Å²) in [7, 11) is 0. The van der Waals surface area contributed by atoms with Gasteiger partial charge in [0.2, 0.25) is 0 Å². The number of unbranched alkanes of at least 4 members (excludes halogenated alkanes) is 9. The van der Waals surface area contributed by atoms with Crippen molar-refractivity contribution in [1.29, 1.82) is 0 Å². The van der Waals surface area contributed by atoms with Gasteiger partial charge in [0.05, 0.1) is 0 Å². The second-order valence-electron chi connectivity index (χ2n) is 5.99. The SMILES string of the molecule is CCCCCCOCCCCCCCCCC(O)C(F)(F)F. The first-order chi connectivity index (χ1) is 10.5. The second-order valence-corrected chi connectivity index (χ2v) is 5.99. The number of rotatable bonds is 15. The van der Waals surface area contributed by atoms with Gasteiger partial charge in [-0.15, -0.1) is 0 Å². The molecule has 1 atom stereocenters. The van der Waals surface area contributed by atoms with E-state index in [1.54, 1.807) is 0 Å². The zero-order valence-corrected chi connectivity index (χ0v) is 14.0. The van der Waals surface area contributed by atoms with Crippen LogP contribution in [0.1, 0.15) is 84.0 Å². The van der Waals surface area contributed by atoms with Gasteiger partial charge in [-0.05, 0) is 19.3 Å². The van der Waals surface area contributed by atoms with Crippen LogP contribution in [0.5, 0.6) is 0 Å². The average molecular weight is 326 g/mol. The van der Waals surface area contributed by atoms with Crippen molar-refractivity contribution in [2.24, 2.45) is 0 Å². The van der Waals surface area contributed by atoms with Gasteiger partial charge in [0.25, 0.3) is 0 Å². The van der Waals surface area contributed by atoms with Crippen molar-refractivity contribution >= 4 is 0 Å². The maximum atomic E-state index is 12.1. The Morgan fingerprint density at radius 3 is 1.73 bits per heavy atom. The van der Waals surface area contributed by atoms with Gasteiger partial charge in [-0.3, -0.25) is 0 Å². The molecule has 0 bridgehead atoms. The third kappa shape index (κ3) is 14.6. The topological polar surface area (TPSA) is 29.5 Å². The summed E-state index contributed by atoms with van der Waals surface area (Å²) in [6.07, 6.45) is 4.66. The molecule has 1 N–H and O–H groups in total. The highest BCUT2D eigenvalue weighted by molar-refractivity contribution is 4.64. The van der Waals surface area contributed by atoms with E-state index in [0.717, 1.165) is 58.2 Å². The highest BCUT2D eigenvalue weighted by atomic mass is 19.4. The minimum atomic E-state index is -4.46. The first-order valence-electron chi connectivity index (χ1n) is 8.81. The van der Waals surface area contributed by atoms with Crippen molar-refractivity contribution in [3.63, 3.8) is 0 Å². The van der Waals surface area contributed by atoms with Gasteiger partial charge in [0, 0.05) is 13.2 Å². The lowest BCUT2D eigenvalue weighted by Gasteiger charge is -2.13. The summed E-state index contributed by atoms with van der Waals surface area (Å²) in [5.41, 5.74) is 0. The summed E-state index contributed by atoms with van der Waals surface area (Å²) in [5, 5.41) is 8.84. The third-order valence-electron chi connectivity index (χ3n) is 3.79. The first kappa shape index (κ1) is 21.7. The van der Waals surface area contributed by atoms with Gasteiger partial charge in [0.15, 0.2) is 0 Å². The monoisotopic (exact) mass is 326 g/mol. The zero-order chi connectivity index (χ0) is 16.7. The molecule has 0 saturated heterocycles. The lowest BCUT2D eigenvalue weighted by molar-refractivity contribution is -0.205. The molecule has 0 rings (SSSR count). The molecule has 0 aliphatic carbocycles. The summed E-state index contributed by atoms with van der Waals surface area (Å²) in [4.78, 5) is 0. The van der Waals surface area contributed by atoms with Crippen molar-refractivity contribution in [3.8, 4) is 0 Å². The summed E-state index contributed by atoms with van der Waals surface area (Å²) < 4.78 is 41.7. The first-order valence-corrected chi connectivity index (χ1v) is 8.81. The van der Waals surface area contributed by atoms with E-state index in [2.05, 4.69) is 6.92 Å². The molecule has 1 unspecified atom stereocenters. The van der Waals surface area contributed by atoms with E-state index in [1.807, 2.05) is 0 Å². The fraction of sp³-hybridized carbons (Fsp3) is 1.00. The van der Waals surface area contributed by atoms with Crippen molar-refractivity contribution in [2.75, 3.05) is 13.2 Å². The molecule has 0 saturated carbocycles. The largest absolute Gasteiger partial charge is 0.414 e. The summed E-state index contributed by atoms with van der Waals surface area (Å²) in [5.74, 6) is 0. The number of ether oxygens (including phenoxy) is 1. The van der Waals surface area contributed by atoms with Crippen LogP contribution in [0.15, 0.2) is 0 Å². The van der Waals surface area contributed by atoms with Crippen LogP contribution in [-0.2, 0) is 4.74 Å². The molecule has 0 heterocycles. The van der Waals surface area contributed by atoms with E-state index in [0.29, 0.717) is 6.42 Å². The molecule has 0 radical (unpaired) electrons. The maximum absolute atomic E-state index is 12.1. The highest BCUT2D eigenvalue weighted by Gasteiger charge is 2.37. The molecular formula is C17H33F3O2. The van der Waals surface area contributed by atoms with Crippen molar-refractivity contribution in [3.05, 3.63) is 0 Å². The zero-order valence-electron chi connectivity index (χ0n) is 14.0. The summed E-state index contributed by atoms with van der Waals surface area (Å²) >= 11 is 0. The smallest absolute Gasteiger partial charge is 0.384 e. The molecule has 0 aliphatic heterocycles. The van der Waals surface area contributed by atoms with Crippen molar-refractivity contribution in [2.45, 2.75) is 96.3 Å². The molecule has 22 heavy (non-hydrogen) atoms. The number of hydrogen-bond acceptors (Lipinski definition) is 2. The molecular weight excluding hydrogens is 293 g/mol. The van der Waals surface area contributed by atoms with Gasteiger partial charge in [-0.25, -0.2) is 0 Å². The van der Waals surface area contributed by atoms with Crippen LogP contribution in [0.4, 0.5) is 13.2 Å². The van der Waals surface area contributed by atoms with E-state index in [-0.39, 0.29) is 6.42 Å². The minimum absolute atomic E-state index is 0.171. The van der Waals surface area contributed by atoms with E-state index < -0.39 is 12.3 Å². The fourth-order valence-electron chi connectivity index (χ4n) is 2.32. The average Bonchev–Trinajstić information content (AvgIpc) is 2.46. The number of aliphatic hydroxyl groups is 1. The van der Waals surface area contributed by atoms with Crippen LogP contribution in [0.25, 0.3) is 0 Å². The van der Waals surface area contributed by atoms with Gasteiger partial charge in [-0.1, -0.05) is 64.7 Å². The predicted octanol–water partition coefficient (Wildman–Crippen LogP) is 5.63. The van der Waals surface area contributed by atoms with Crippen LogP contribution in [0, 0.1) is 0 Å². The molecule has 0 aromatic rings. The number of alkyl halides is 3. The van der Waals surface area contributed by atoms with Gasteiger partial charge >= 0.3 is 6.18 Å². The Morgan fingerprint density at radius 2 is 1.23 bits per heavy atom. The van der Waals surface area contributed by atoms with Crippen molar-refractivity contribution < 1.29 is 23.0 Å². The van der Waals surface area contributed by atoms with E-state index >= 15 is 0 Å². The quantitative estimate of drug-likeness (QED) is 0.395. The Balaban J connectivity index is 3.12. The van der Waals surface area contributed by atoms with E-state index in [4.69, 9.17) is 9.84 Å². The van der Waals surface area contributed by atoms with E-state index in [1.165, 1.54) is 19.3 Å². The molecule has 0 fully saturated rings. The van der Waals surface area contributed by atoms with Gasteiger partial charge in [-0.2, -0.15) is 13.2 Å². The Morgan fingerprint density at radius 1 is 0.773 bits per heavy atom. The maximum Gasteiger partial charge on any atom is 0.414 e. The normalized spacial score (nSPS) is 13.5. The summed E-state index contributed by atoms with van der Waals surface area (Å²) in [6, 6.07) is 0. The van der Waals surface area contributed by atoms with Crippen LogP contribution in [-0.4, -0.2) is 30.6 Å². The predicted molar refractivity (Wildman–Crippen MR) is 84.0 cm³/mol. The van der Waals surface area contributed by atoms with Gasteiger partial charge in [0.1, 0.15) is 6.10 Å². The molecule has 2 nitrogen and oxygen atoms in total. The second kappa shape index (κ2) is 14.3. The molecule has 0 amide bonds. The number of halogens is 3. The fourth-order valence-corrected chi connectivity index (χ4v) is 2.32. The van der Waals surface area contributed by atoms with Gasteiger partial charge < -0.3 is 9.84 Å². The van der Waals surface area contributed by atoms with Crippen LogP contribution >= 0.6 is 0 Å². The third-order valence-corrected chi connectivity index (χ3v) is 3.79. The Labute approximate surface area is 133 Å². The molecule has 134 valence electrons. The lowest BCUT2D eigenvalue weighted by Crippen LogP contribution is -2.28. The van der Waals surface area contributed by atoms with Crippen LogP contribution in [0.2, 0.25) is 0 Å². The van der Waals surface area contributed by atoms with E-state index in [9.17, 15) is 13.2 Å². The molecule has 0 spiro atoms. The van der Waals surface area contributed by atoms with Crippen LogP contribution in [0.3, 0.4) is 0 Å². The lowest BCUT2D eigenvalue weighted by atomic mass is 10.1. The van der Waals surface area contributed by atoms with Crippen LogP contribution < -0.4 is 0 Å². The Hall–Kier alpha value is -0.290. The van der Waals surface area contributed by atoms with Crippen molar-refractivity contribution in [1.82, 2.24) is 0 Å². The molecule has 0 aliphatic rings. The standard InChI is InChI=1S/C17H33F3O2/c1-2-3-4-11-14-22-15-12-9-7-5-6-8-10-13-16(21)17(18,19)20/h16,21H,2-15H2,1H3. The number of hydrogen-bond donors (Lipinski definition) is 1. The number of aliphatic hydroxyl groups excluding tert-OH is 1. The highest BCUT2D eigenvalue weighted by Crippen LogP contribution is 2.24. The Bertz CT molecular complexity index is 232. The molecule has 5 heteroatoms. The Kier molecular flexibility index (Phi) is 14.1. The molecule has 0 aromatic carbocycles.